The van der Waals surface area contributed by atoms with E-state index in [1.165, 1.54) is 12.1 Å². The minimum atomic E-state index is -3.71. The fourth-order valence-corrected chi connectivity index (χ4v) is 6.02. The molecule has 4 rings (SSSR count). The Kier molecular flexibility index (Phi) is 7.59. The molecule has 0 radical (unpaired) electrons. The fraction of sp³-hybridized carbons (Fsp3) is 0.423. The lowest BCUT2D eigenvalue weighted by Gasteiger charge is -2.29. The van der Waals surface area contributed by atoms with Gasteiger partial charge in [0.2, 0.25) is 15.9 Å². The summed E-state index contributed by atoms with van der Waals surface area (Å²) in [5, 5.41) is 13.5. The van der Waals surface area contributed by atoms with E-state index in [0.29, 0.717) is 37.6 Å². The van der Waals surface area contributed by atoms with E-state index < -0.39 is 16.1 Å². The number of carbonyl (C=O) groups is 1. The highest BCUT2D eigenvalue weighted by atomic mass is 32.2. The quantitative estimate of drug-likeness (QED) is 0.375. The van der Waals surface area contributed by atoms with E-state index in [-0.39, 0.29) is 34.6 Å². The molecular weight excluding hydrogens is 469 g/mol. The predicted octanol–water partition coefficient (Wildman–Crippen LogP) is 3.94. The maximum atomic E-state index is 13.1. The topological polar surface area (TPSA) is 111 Å². The van der Waals surface area contributed by atoms with Crippen molar-refractivity contribution in [2.75, 3.05) is 0 Å². The normalized spacial score (nSPS) is 20.5. The van der Waals surface area contributed by atoms with Gasteiger partial charge in [-0.25, -0.2) is 17.5 Å². The molecule has 4 N–H and O–H groups in total. The zero-order chi connectivity index (χ0) is 25.2. The van der Waals surface area contributed by atoms with Crippen LogP contribution >= 0.6 is 0 Å². The Morgan fingerprint density at radius 3 is 2.43 bits per heavy atom. The van der Waals surface area contributed by atoms with Crippen LogP contribution < -0.4 is 10.0 Å². The maximum Gasteiger partial charge on any atom is 0.240 e. The first-order valence-electron chi connectivity index (χ1n) is 12.0. The number of rotatable bonds is 8. The van der Waals surface area contributed by atoms with Gasteiger partial charge in [0, 0.05) is 29.6 Å². The standard InChI is InChI=1S/C26H32FN3O4S/c1-16(31)13-23-14-20-7-12-24(15-25(20)29-23)35(33,34)30-22-10-5-19(6-11-22)26(32)28-17(2)18-3-8-21(27)9-4-18/h3-4,7-9,12,14-17,19,22,29-31H,5-6,10-11,13H2,1-2H3,(H,28,32)/t16?,17-,19?,22?/m1/s1. The molecular formula is C26H32FN3O4S. The average Bonchev–Trinajstić information content (AvgIpc) is 3.20. The van der Waals surface area contributed by atoms with Crippen LogP contribution in [0.5, 0.6) is 0 Å². The van der Waals surface area contributed by atoms with Crippen LogP contribution in [0.2, 0.25) is 0 Å². The van der Waals surface area contributed by atoms with Crippen molar-refractivity contribution in [1.82, 2.24) is 15.0 Å². The lowest BCUT2D eigenvalue weighted by molar-refractivity contribution is -0.126. The molecule has 0 spiro atoms. The van der Waals surface area contributed by atoms with Crippen LogP contribution in [0.25, 0.3) is 10.9 Å². The third-order valence-electron chi connectivity index (χ3n) is 6.62. The fourth-order valence-electron chi connectivity index (χ4n) is 4.69. The lowest BCUT2D eigenvalue weighted by Crippen LogP contribution is -2.41. The number of H-pyrrole nitrogens is 1. The van der Waals surface area contributed by atoms with E-state index in [1.807, 2.05) is 13.0 Å². The van der Waals surface area contributed by atoms with E-state index in [4.69, 9.17) is 0 Å². The minimum absolute atomic E-state index is 0.0617. The molecule has 188 valence electrons. The molecule has 1 heterocycles. The van der Waals surface area contributed by atoms with Gasteiger partial charge in [0.15, 0.2) is 0 Å². The number of aliphatic hydroxyl groups excluding tert-OH is 1. The van der Waals surface area contributed by atoms with Gasteiger partial charge in [-0.05, 0) is 80.8 Å². The van der Waals surface area contributed by atoms with Crippen molar-refractivity contribution in [3.8, 4) is 0 Å². The van der Waals surface area contributed by atoms with Gasteiger partial charge < -0.3 is 15.4 Å². The highest BCUT2D eigenvalue weighted by Gasteiger charge is 2.30. The molecule has 0 bridgehead atoms. The number of carbonyl (C=O) groups excluding carboxylic acids is 1. The Labute approximate surface area is 205 Å². The summed E-state index contributed by atoms with van der Waals surface area (Å²) >= 11 is 0. The second kappa shape index (κ2) is 10.5. The van der Waals surface area contributed by atoms with E-state index in [9.17, 15) is 22.7 Å². The first-order valence-corrected chi connectivity index (χ1v) is 13.5. The Morgan fingerprint density at radius 1 is 1.09 bits per heavy atom. The summed E-state index contributed by atoms with van der Waals surface area (Å²) in [5.74, 6) is -0.559. The Balaban J connectivity index is 1.33. The molecule has 1 saturated carbocycles. The summed E-state index contributed by atoms with van der Waals surface area (Å²) in [6.45, 7) is 3.56. The summed E-state index contributed by atoms with van der Waals surface area (Å²) in [5.41, 5.74) is 2.39. The number of hydrogen-bond donors (Lipinski definition) is 4. The molecule has 0 aliphatic heterocycles. The highest BCUT2D eigenvalue weighted by molar-refractivity contribution is 7.89. The van der Waals surface area contributed by atoms with E-state index in [2.05, 4.69) is 15.0 Å². The van der Waals surface area contributed by atoms with E-state index in [1.54, 1.807) is 37.3 Å². The van der Waals surface area contributed by atoms with Crippen molar-refractivity contribution in [3.63, 3.8) is 0 Å². The van der Waals surface area contributed by atoms with Crippen LogP contribution in [-0.4, -0.2) is 36.6 Å². The Morgan fingerprint density at radius 2 is 1.77 bits per heavy atom. The van der Waals surface area contributed by atoms with Gasteiger partial charge >= 0.3 is 0 Å². The first kappa shape index (κ1) is 25.3. The van der Waals surface area contributed by atoms with Crippen LogP contribution in [0.1, 0.15) is 56.8 Å². The van der Waals surface area contributed by atoms with Gasteiger partial charge in [0.05, 0.1) is 17.0 Å². The second-order valence-electron chi connectivity index (χ2n) is 9.55. The van der Waals surface area contributed by atoms with Gasteiger partial charge in [0.25, 0.3) is 0 Å². The number of halogens is 1. The molecule has 9 heteroatoms. The molecule has 1 aliphatic carbocycles. The van der Waals surface area contributed by atoms with Crippen LogP contribution in [0, 0.1) is 11.7 Å². The van der Waals surface area contributed by atoms with Crippen molar-refractivity contribution in [2.45, 2.75) is 69.0 Å². The van der Waals surface area contributed by atoms with Crippen LogP contribution in [0.4, 0.5) is 4.39 Å². The van der Waals surface area contributed by atoms with Gasteiger partial charge in [-0.15, -0.1) is 0 Å². The molecule has 1 amide bonds. The molecule has 1 aliphatic rings. The molecule has 35 heavy (non-hydrogen) atoms. The van der Waals surface area contributed by atoms with Gasteiger partial charge in [-0.2, -0.15) is 0 Å². The number of benzene rings is 2. The van der Waals surface area contributed by atoms with Crippen molar-refractivity contribution in [1.29, 1.82) is 0 Å². The van der Waals surface area contributed by atoms with Gasteiger partial charge in [0.1, 0.15) is 5.82 Å². The SMILES string of the molecule is CC(O)Cc1cc2ccc(S(=O)(=O)NC3CCC(C(=O)N[C@H](C)c4ccc(F)cc4)CC3)cc2[nH]1. The number of hydrogen-bond acceptors (Lipinski definition) is 4. The lowest BCUT2D eigenvalue weighted by atomic mass is 9.85. The maximum absolute atomic E-state index is 13.1. The number of amides is 1. The zero-order valence-corrected chi connectivity index (χ0v) is 20.7. The van der Waals surface area contributed by atoms with Gasteiger partial charge in [-0.1, -0.05) is 18.2 Å². The summed E-state index contributed by atoms with van der Waals surface area (Å²) in [6.07, 6.45) is 2.31. The van der Waals surface area contributed by atoms with Crippen molar-refractivity contribution in [3.05, 3.63) is 65.6 Å². The average molecular weight is 502 g/mol. The summed E-state index contributed by atoms with van der Waals surface area (Å²) in [6, 6.07) is 12.5. The number of sulfonamides is 1. The highest BCUT2D eigenvalue weighted by Crippen LogP contribution is 2.27. The van der Waals surface area contributed by atoms with Crippen LogP contribution in [0.15, 0.2) is 53.4 Å². The molecule has 7 nitrogen and oxygen atoms in total. The Hall–Kier alpha value is -2.75. The third kappa shape index (κ3) is 6.28. The largest absolute Gasteiger partial charge is 0.393 e. The summed E-state index contributed by atoms with van der Waals surface area (Å²) in [4.78, 5) is 16.1. The molecule has 1 fully saturated rings. The number of aromatic nitrogens is 1. The number of aromatic amines is 1. The van der Waals surface area contributed by atoms with E-state index in [0.717, 1.165) is 16.6 Å². The summed E-state index contributed by atoms with van der Waals surface area (Å²) < 4.78 is 41.9. The number of nitrogens with one attached hydrogen (secondary N) is 3. The molecule has 0 saturated heterocycles. The molecule has 3 aromatic rings. The second-order valence-corrected chi connectivity index (χ2v) is 11.3. The molecule has 2 aromatic carbocycles. The Bertz CT molecular complexity index is 1280. The number of fused-ring (bicyclic) bond motifs is 1. The summed E-state index contributed by atoms with van der Waals surface area (Å²) in [7, 11) is -3.71. The predicted molar refractivity (Wildman–Crippen MR) is 133 cm³/mol. The molecule has 2 atom stereocenters. The van der Waals surface area contributed by atoms with Crippen molar-refractivity contribution in [2.24, 2.45) is 5.92 Å². The van der Waals surface area contributed by atoms with Crippen molar-refractivity contribution < 1.29 is 22.7 Å². The van der Waals surface area contributed by atoms with Crippen LogP contribution in [0.3, 0.4) is 0 Å². The number of aliphatic hydroxyl groups is 1. The van der Waals surface area contributed by atoms with E-state index >= 15 is 0 Å². The first-order chi connectivity index (χ1) is 16.6. The van der Waals surface area contributed by atoms with Crippen molar-refractivity contribution >= 4 is 26.8 Å². The molecule has 1 unspecified atom stereocenters. The molecule has 1 aromatic heterocycles. The monoisotopic (exact) mass is 501 g/mol. The smallest absolute Gasteiger partial charge is 0.240 e. The third-order valence-corrected chi connectivity index (χ3v) is 8.14. The zero-order valence-electron chi connectivity index (χ0n) is 19.9. The van der Waals surface area contributed by atoms with Crippen LogP contribution in [-0.2, 0) is 21.2 Å². The minimum Gasteiger partial charge on any atom is -0.393 e. The van der Waals surface area contributed by atoms with Gasteiger partial charge in [-0.3, -0.25) is 4.79 Å².